The van der Waals surface area contributed by atoms with Gasteiger partial charge in [-0.15, -0.1) is 0 Å². The predicted molar refractivity (Wildman–Crippen MR) is 118 cm³/mol. The summed E-state index contributed by atoms with van der Waals surface area (Å²) in [5, 5.41) is 12.8. The summed E-state index contributed by atoms with van der Waals surface area (Å²) in [6, 6.07) is 11.2. The third-order valence-electron chi connectivity index (χ3n) is 5.20. The number of para-hydroxylation sites is 1. The van der Waals surface area contributed by atoms with Gasteiger partial charge < -0.3 is 9.84 Å². The van der Waals surface area contributed by atoms with E-state index in [1.54, 1.807) is 30.3 Å². The first kappa shape index (κ1) is 28.0. The van der Waals surface area contributed by atoms with Crippen LogP contribution in [0.4, 0.5) is 0 Å². The van der Waals surface area contributed by atoms with Crippen LogP contribution in [0.2, 0.25) is 0 Å². The van der Waals surface area contributed by atoms with Crippen molar-refractivity contribution in [2.75, 3.05) is 0 Å². The smallest absolute Gasteiger partial charge is 0.870 e. The van der Waals surface area contributed by atoms with Gasteiger partial charge in [0.15, 0.2) is 0 Å². The number of aryl methyl sites for hydroxylation is 1. The zero-order valence-electron chi connectivity index (χ0n) is 18.8. The second-order valence-corrected chi connectivity index (χ2v) is 9.09. The van der Waals surface area contributed by atoms with Crippen molar-refractivity contribution < 1.29 is 52.4 Å². The molecule has 2 aromatic rings. The minimum absolute atomic E-state index is 0. The summed E-state index contributed by atoms with van der Waals surface area (Å²) in [5.41, 5.74) is 0.507. The van der Waals surface area contributed by atoms with E-state index in [1.165, 1.54) is 57.1 Å². The SMILES string of the molecule is CCCCCCCCCCCCc1ccc(S(=O)(=O)O)c(Oc2ccccc2)c1[O-].[Na+]. The molecule has 0 aromatic heterocycles. The van der Waals surface area contributed by atoms with Crippen LogP contribution in [0, 0.1) is 0 Å². The first-order valence-electron chi connectivity index (χ1n) is 11.0. The Morgan fingerprint density at radius 1 is 0.839 bits per heavy atom. The molecule has 2 rings (SSSR count). The largest absolute Gasteiger partial charge is 1.00 e. The van der Waals surface area contributed by atoms with Gasteiger partial charge in [0.2, 0.25) is 0 Å². The van der Waals surface area contributed by atoms with Crippen molar-refractivity contribution in [1.29, 1.82) is 0 Å². The van der Waals surface area contributed by atoms with Crippen molar-refractivity contribution in [1.82, 2.24) is 0 Å². The summed E-state index contributed by atoms with van der Waals surface area (Å²) in [4.78, 5) is -0.497. The van der Waals surface area contributed by atoms with E-state index in [0.717, 1.165) is 19.3 Å². The number of rotatable bonds is 14. The average Bonchev–Trinajstić information content (AvgIpc) is 2.71. The summed E-state index contributed by atoms with van der Waals surface area (Å²) in [6.07, 6.45) is 12.6. The number of benzene rings is 2. The van der Waals surface area contributed by atoms with E-state index in [1.807, 2.05) is 0 Å². The monoisotopic (exact) mass is 456 g/mol. The molecule has 0 saturated carbocycles. The van der Waals surface area contributed by atoms with E-state index >= 15 is 0 Å². The zero-order chi connectivity index (χ0) is 21.8. The van der Waals surface area contributed by atoms with E-state index in [0.29, 0.717) is 17.7 Å². The molecule has 0 atom stereocenters. The van der Waals surface area contributed by atoms with E-state index in [4.69, 9.17) is 4.74 Å². The molecule has 0 bridgehead atoms. The van der Waals surface area contributed by atoms with Gasteiger partial charge in [0.25, 0.3) is 10.1 Å². The molecule has 0 heterocycles. The fourth-order valence-corrected chi connectivity index (χ4v) is 4.10. The number of ether oxygens (including phenoxy) is 1. The number of hydrogen-bond acceptors (Lipinski definition) is 4. The van der Waals surface area contributed by atoms with Crippen molar-refractivity contribution in [2.24, 2.45) is 0 Å². The van der Waals surface area contributed by atoms with Crippen LogP contribution in [0.3, 0.4) is 0 Å². The standard InChI is InChI=1S/C24H34O5S.Na/c1-2-3-4-5-6-7-8-9-10-12-15-20-18-19-22(30(26,27)28)24(23(20)25)29-21-16-13-11-14-17-21;/h11,13-14,16-19,25H,2-10,12,15H2,1H3,(H,26,27,28);/q;+1/p-1. The fourth-order valence-electron chi connectivity index (χ4n) is 3.49. The van der Waals surface area contributed by atoms with Crippen LogP contribution in [0.15, 0.2) is 47.4 Å². The van der Waals surface area contributed by atoms with Gasteiger partial charge in [-0.25, -0.2) is 0 Å². The maximum atomic E-state index is 12.8. The quantitative estimate of drug-likeness (QED) is 0.268. The normalized spacial score (nSPS) is 11.2. The molecule has 0 radical (unpaired) electrons. The maximum absolute atomic E-state index is 12.8. The molecule has 0 aliphatic rings. The first-order valence-corrected chi connectivity index (χ1v) is 12.4. The van der Waals surface area contributed by atoms with Gasteiger partial charge in [0.05, 0.1) is 0 Å². The molecule has 0 fully saturated rings. The Labute approximate surface area is 209 Å². The minimum atomic E-state index is -4.56. The van der Waals surface area contributed by atoms with Crippen LogP contribution >= 0.6 is 0 Å². The molecule has 0 spiro atoms. The van der Waals surface area contributed by atoms with Crippen molar-refractivity contribution in [2.45, 2.75) is 82.4 Å². The molecule has 0 unspecified atom stereocenters. The Bertz CT molecular complexity index is 869. The number of unbranched alkanes of at least 4 members (excludes halogenated alkanes) is 9. The first-order chi connectivity index (χ1) is 14.4. The van der Waals surface area contributed by atoms with E-state index in [9.17, 15) is 18.1 Å². The molecule has 0 amide bonds. The van der Waals surface area contributed by atoms with Gasteiger partial charge in [-0.05, 0) is 31.0 Å². The summed E-state index contributed by atoms with van der Waals surface area (Å²) in [5.74, 6) is -0.478. The average molecular weight is 457 g/mol. The topological polar surface area (TPSA) is 86.7 Å². The molecule has 0 aliphatic carbocycles. The Morgan fingerprint density at radius 2 is 1.39 bits per heavy atom. The molecule has 166 valence electrons. The van der Waals surface area contributed by atoms with Crippen molar-refractivity contribution in [3.8, 4) is 17.2 Å². The van der Waals surface area contributed by atoms with Gasteiger partial charge in [0.1, 0.15) is 16.4 Å². The van der Waals surface area contributed by atoms with Crippen LogP contribution in [0.25, 0.3) is 0 Å². The third kappa shape index (κ3) is 9.96. The van der Waals surface area contributed by atoms with Crippen LogP contribution in [-0.4, -0.2) is 13.0 Å². The van der Waals surface area contributed by atoms with Crippen LogP contribution < -0.4 is 39.4 Å². The van der Waals surface area contributed by atoms with E-state index in [2.05, 4.69) is 6.92 Å². The molecule has 31 heavy (non-hydrogen) atoms. The fraction of sp³-hybridized carbons (Fsp3) is 0.500. The summed E-state index contributed by atoms with van der Waals surface area (Å²) < 4.78 is 38.4. The minimum Gasteiger partial charge on any atom is -0.870 e. The van der Waals surface area contributed by atoms with Crippen molar-refractivity contribution in [3.05, 3.63) is 48.0 Å². The van der Waals surface area contributed by atoms with Crippen LogP contribution in [-0.2, 0) is 16.5 Å². The van der Waals surface area contributed by atoms with E-state index < -0.39 is 20.8 Å². The third-order valence-corrected chi connectivity index (χ3v) is 6.08. The van der Waals surface area contributed by atoms with Gasteiger partial charge in [0, 0.05) is 0 Å². The molecule has 1 N–H and O–H groups in total. The van der Waals surface area contributed by atoms with Gasteiger partial charge >= 0.3 is 29.6 Å². The second-order valence-electron chi connectivity index (χ2n) is 7.70. The Kier molecular flexibility index (Phi) is 13.5. The zero-order valence-corrected chi connectivity index (χ0v) is 21.6. The maximum Gasteiger partial charge on any atom is 1.00 e. The van der Waals surface area contributed by atoms with Gasteiger partial charge in [-0.3, -0.25) is 4.55 Å². The van der Waals surface area contributed by atoms with Crippen molar-refractivity contribution >= 4 is 10.1 Å². The molecule has 2 aromatic carbocycles. The molecular formula is C24H33NaO5S. The molecule has 5 nitrogen and oxygen atoms in total. The van der Waals surface area contributed by atoms with Crippen LogP contribution in [0.5, 0.6) is 17.2 Å². The molecule has 0 saturated heterocycles. The summed E-state index contributed by atoms with van der Waals surface area (Å²) >= 11 is 0. The van der Waals surface area contributed by atoms with E-state index in [-0.39, 0.29) is 35.3 Å². The summed E-state index contributed by atoms with van der Waals surface area (Å²) in [6.45, 7) is 2.22. The Hall–Kier alpha value is -1.05. The van der Waals surface area contributed by atoms with Crippen molar-refractivity contribution in [3.63, 3.8) is 0 Å². The predicted octanol–water partition coefficient (Wildman–Crippen LogP) is 3.27. The second kappa shape index (κ2) is 14.9. The Balaban J connectivity index is 0.00000480. The van der Waals surface area contributed by atoms with Crippen LogP contribution in [0.1, 0.15) is 76.7 Å². The molecule has 0 aliphatic heterocycles. The van der Waals surface area contributed by atoms with Gasteiger partial charge in [-0.1, -0.05) is 100 Å². The Morgan fingerprint density at radius 3 is 1.94 bits per heavy atom. The van der Waals surface area contributed by atoms with Gasteiger partial charge in [-0.2, -0.15) is 8.42 Å². The molecular weight excluding hydrogens is 423 g/mol. The number of hydrogen-bond donors (Lipinski definition) is 1. The summed E-state index contributed by atoms with van der Waals surface area (Å²) in [7, 11) is -4.56. The molecule has 7 heteroatoms.